The third kappa shape index (κ3) is 4.44. The van der Waals surface area contributed by atoms with Crippen LogP contribution in [0.4, 0.5) is 10.1 Å². The number of fused-ring (bicyclic) bond motifs is 1. The second-order valence-corrected chi connectivity index (χ2v) is 9.01. The summed E-state index contributed by atoms with van der Waals surface area (Å²) in [5.41, 5.74) is 0.920. The first-order valence-corrected chi connectivity index (χ1v) is 11.5. The fourth-order valence-corrected chi connectivity index (χ4v) is 4.65. The summed E-state index contributed by atoms with van der Waals surface area (Å²) in [6.07, 6.45) is 5.65. The Kier molecular flexibility index (Phi) is 6.26. The van der Waals surface area contributed by atoms with Crippen molar-refractivity contribution in [3.8, 4) is 11.5 Å². The predicted octanol–water partition coefficient (Wildman–Crippen LogP) is 4.32. The maximum absolute atomic E-state index is 14.7. The first kappa shape index (κ1) is 23.5. The molecule has 35 heavy (non-hydrogen) atoms. The normalized spacial score (nSPS) is 11.1. The Labute approximate surface area is 199 Å². The largest absolute Gasteiger partial charge is 0.453 e. The van der Waals surface area contributed by atoms with E-state index >= 15 is 0 Å². The second kappa shape index (κ2) is 9.31. The summed E-state index contributed by atoms with van der Waals surface area (Å²) in [6.45, 7) is 3.34. The highest BCUT2D eigenvalue weighted by molar-refractivity contribution is 7.90. The average Bonchev–Trinajstić information content (AvgIpc) is 3.26. The summed E-state index contributed by atoms with van der Waals surface area (Å²) in [5, 5.41) is 17.7. The van der Waals surface area contributed by atoms with Crippen LogP contribution in [0.5, 0.6) is 11.5 Å². The molecule has 2 aromatic carbocycles. The molecule has 0 unspecified atom stereocenters. The molecule has 0 fully saturated rings. The number of aromatic nitrogens is 2. The van der Waals surface area contributed by atoms with Gasteiger partial charge in [-0.15, -0.1) is 0 Å². The van der Waals surface area contributed by atoms with Crippen LogP contribution < -0.4 is 10.1 Å². The van der Waals surface area contributed by atoms with Gasteiger partial charge in [-0.25, -0.2) is 21.8 Å². The highest BCUT2D eigenvalue weighted by atomic mass is 32.2. The van der Waals surface area contributed by atoms with Gasteiger partial charge in [-0.3, -0.25) is 4.79 Å². The van der Waals surface area contributed by atoms with Crippen LogP contribution in [0.15, 0.2) is 78.5 Å². The number of carbonyl (C=O) groups is 1. The molecule has 9 nitrogen and oxygen atoms in total. The Morgan fingerprint density at radius 2 is 1.83 bits per heavy atom. The fourth-order valence-electron chi connectivity index (χ4n) is 3.32. The summed E-state index contributed by atoms with van der Waals surface area (Å²) in [7, 11) is -4.10. The minimum Gasteiger partial charge on any atom is -0.453 e. The molecule has 0 saturated carbocycles. The van der Waals surface area contributed by atoms with Gasteiger partial charge in [0.1, 0.15) is 5.75 Å². The predicted molar refractivity (Wildman–Crippen MR) is 130 cm³/mol. The molecule has 0 saturated heterocycles. The molecule has 0 radical (unpaired) electrons. The molecule has 176 valence electrons. The Morgan fingerprint density at radius 3 is 2.46 bits per heavy atom. The molecule has 4 aromatic rings. The molecule has 11 heteroatoms. The van der Waals surface area contributed by atoms with Crippen molar-refractivity contribution in [2.75, 3.05) is 5.32 Å². The minimum atomic E-state index is -4.10. The summed E-state index contributed by atoms with van der Waals surface area (Å²) < 4.78 is 47.9. The highest BCUT2D eigenvalue weighted by Gasteiger charge is 2.24. The molecule has 2 aromatic heterocycles. The number of rotatable bonds is 8. The van der Waals surface area contributed by atoms with Gasteiger partial charge in [0.15, 0.2) is 17.2 Å². The van der Waals surface area contributed by atoms with E-state index in [0.29, 0.717) is 5.56 Å². The maximum Gasteiger partial charge on any atom is 0.269 e. The summed E-state index contributed by atoms with van der Waals surface area (Å²) in [4.78, 5) is 15.6. The van der Waals surface area contributed by atoms with Gasteiger partial charge in [0, 0.05) is 42.1 Å². The molecule has 2 heterocycles. The van der Waals surface area contributed by atoms with Gasteiger partial charge in [0.25, 0.3) is 10.0 Å². The van der Waals surface area contributed by atoms with E-state index < -0.39 is 21.7 Å². The van der Waals surface area contributed by atoms with E-state index in [0.717, 1.165) is 28.5 Å². The highest BCUT2D eigenvalue weighted by Crippen LogP contribution is 2.35. The molecule has 0 bridgehead atoms. The molecule has 4 rings (SSSR count). The summed E-state index contributed by atoms with van der Waals surface area (Å²) in [6, 6.07) is 11.0. The zero-order valence-electron chi connectivity index (χ0n) is 18.0. The van der Waals surface area contributed by atoms with Gasteiger partial charge in [-0.1, -0.05) is 18.7 Å². The van der Waals surface area contributed by atoms with Crippen LogP contribution in [0.2, 0.25) is 0 Å². The zero-order valence-corrected chi connectivity index (χ0v) is 18.8. The van der Waals surface area contributed by atoms with Crippen LogP contribution >= 0.6 is 0 Å². The third-order valence-electron chi connectivity index (χ3n) is 5.01. The lowest BCUT2D eigenvalue weighted by atomic mass is 10.2. The third-order valence-corrected chi connectivity index (χ3v) is 6.67. The van der Waals surface area contributed by atoms with Crippen LogP contribution in [-0.2, 0) is 14.8 Å². The molecule has 0 spiro atoms. The van der Waals surface area contributed by atoms with Crippen LogP contribution in [0.25, 0.3) is 11.0 Å². The monoisotopic (exact) mass is 491 g/mol. The van der Waals surface area contributed by atoms with E-state index in [4.69, 9.17) is 15.6 Å². The standard InChI is InChI=1S/C24H18FN5O4S/c1-2-22(31)29-17-5-8-20(19(25)11-17)34-21-9-10-28-24-23(21)16(13-27)14-30(24)35(32,33)18-6-3-15(12-26)4-7-18/h2-14,26-27H,1H2,(H,29,31). The Morgan fingerprint density at radius 1 is 1.09 bits per heavy atom. The number of benzene rings is 2. The number of ether oxygens (including phenoxy) is 1. The lowest BCUT2D eigenvalue weighted by Crippen LogP contribution is -2.12. The Balaban J connectivity index is 1.78. The number of carbonyl (C=O) groups excluding carboxylic acids is 1. The van der Waals surface area contributed by atoms with Crippen molar-refractivity contribution in [2.24, 2.45) is 0 Å². The average molecular weight is 492 g/mol. The van der Waals surface area contributed by atoms with Crippen molar-refractivity contribution in [3.63, 3.8) is 0 Å². The Hall–Kier alpha value is -4.64. The van der Waals surface area contributed by atoms with E-state index in [9.17, 15) is 17.6 Å². The zero-order chi connectivity index (χ0) is 25.2. The van der Waals surface area contributed by atoms with Crippen molar-refractivity contribution in [3.05, 3.63) is 90.5 Å². The van der Waals surface area contributed by atoms with Crippen molar-refractivity contribution in [1.29, 1.82) is 10.8 Å². The molecular formula is C24H18FN5O4S. The number of hydrogen-bond donors (Lipinski definition) is 3. The topological polar surface area (TPSA) is 138 Å². The summed E-state index contributed by atoms with van der Waals surface area (Å²) in [5.74, 6) is -1.36. The molecule has 0 aliphatic heterocycles. The number of nitrogens with zero attached hydrogens (tertiary/aromatic N) is 2. The number of amides is 1. The maximum atomic E-state index is 14.7. The number of hydrogen-bond acceptors (Lipinski definition) is 7. The SMILES string of the molecule is C=CC(=O)Nc1ccc(Oc2ccnc3c2c(C=N)cn3S(=O)(=O)c2ccc(C=N)cc2)c(F)c1. The lowest BCUT2D eigenvalue weighted by Gasteiger charge is -2.11. The van der Waals surface area contributed by atoms with Gasteiger partial charge < -0.3 is 20.9 Å². The van der Waals surface area contributed by atoms with E-state index in [1.165, 1.54) is 54.9 Å². The number of pyridine rings is 1. The van der Waals surface area contributed by atoms with E-state index in [2.05, 4.69) is 16.9 Å². The quantitative estimate of drug-likeness (QED) is 0.249. The van der Waals surface area contributed by atoms with Gasteiger partial charge in [-0.05, 0) is 42.0 Å². The molecule has 1 amide bonds. The molecule has 0 atom stereocenters. The molecule has 0 aliphatic carbocycles. The number of halogens is 1. The molecular weight excluding hydrogens is 473 g/mol. The van der Waals surface area contributed by atoms with E-state index in [-0.39, 0.29) is 38.7 Å². The van der Waals surface area contributed by atoms with Crippen LogP contribution in [0, 0.1) is 16.6 Å². The molecule has 3 N–H and O–H groups in total. The van der Waals surface area contributed by atoms with Gasteiger partial charge in [-0.2, -0.15) is 0 Å². The van der Waals surface area contributed by atoms with Crippen LogP contribution in [-0.4, -0.2) is 35.7 Å². The first-order chi connectivity index (χ1) is 16.8. The number of anilines is 1. The van der Waals surface area contributed by atoms with Crippen molar-refractivity contribution >= 4 is 45.1 Å². The summed E-state index contributed by atoms with van der Waals surface area (Å²) >= 11 is 0. The minimum absolute atomic E-state index is 0.00703. The Bertz CT molecular complexity index is 1590. The van der Waals surface area contributed by atoms with Crippen molar-refractivity contribution in [2.45, 2.75) is 4.90 Å². The van der Waals surface area contributed by atoms with Gasteiger partial charge in [0.05, 0.1) is 10.3 Å². The van der Waals surface area contributed by atoms with Crippen molar-refractivity contribution in [1.82, 2.24) is 8.96 Å². The van der Waals surface area contributed by atoms with Crippen LogP contribution in [0.1, 0.15) is 11.1 Å². The fraction of sp³-hybridized carbons (Fsp3) is 0. The van der Waals surface area contributed by atoms with Gasteiger partial charge >= 0.3 is 0 Å². The lowest BCUT2D eigenvalue weighted by molar-refractivity contribution is -0.111. The second-order valence-electron chi connectivity index (χ2n) is 7.19. The number of nitrogens with one attached hydrogen (secondary N) is 3. The van der Waals surface area contributed by atoms with Crippen LogP contribution in [0.3, 0.4) is 0 Å². The smallest absolute Gasteiger partial charge is 0.269 e. The van der Waals surface area contributed by atoms with Crippen molar-refractivity contribution < 1.29 is 22.3 Å². The van der Waals surface area contributed by atoms with E-state index in [1.54, 1.807) is 0 Å². The first-order valence-electron chi connectivity index (χ1n) is 10.1. The van der Waals surface area contributed by atoms with Gasteiger partial charge in [0.2, 0.25) is 5.91 Å². The van der Waals surface area contributed by atoms with E-state index in [1.807, 2.05) is 0 Å². The molecule has 0 aliphatic rings.